The Morgan fingerprint density at radius 3 is 2.47 bits per heavy atom. The lowest BCUT2D eigenvalue weighted by Crippen LogP contribution is -2.44. The molecule has 30 heavy (non-hydrogen) atoms. The molecule has 0 bridgehead atoms. The largest absolute Gasteiger partial charge is 0.454 e. The van der Waals surface area contributed by atoms with E-state index >= 15 is 0 Å². The third kappa shape index (κ3) is 4.81. The quantitative estimate of drug-likeness (QED) is 0.531. The zero-order valence-electron chi connectivity index (χ0n) is 17.6. The number of hydrazine groups is 1. The molecule has 0 aliphatic carbocycles. The Balaban J connectivity index is 1.53. The molecule has 3 aromatic heterocycles. The van der Waals surface area contributed by atoms with Crippen LogP contribution in [0.15, 0.2) is 27.1 Å². The Bertz CT molecular complexity index is 1080. The van der Waals surface area contributed by atoms with E-state index in [0.717, 1.165) is 27.2 Å². The summed E-state index contributed by atoms with van der Waals surface area (Å²) in [5.41, 5.74) is 8.57. The van der Waals surface area contributed by atoms with Gasteiger partial charge in [-0.25, -0.2) is 0 Å². The average molecular weight is 477 g/mol. The summed E-state index contributed by atoms with van der Waals surface area (Å²) in [6, 6.07) is 5.26. The van der Waals surface area contributed by atoms with E-state index in [1.807, 2.05) is 33.8 Å². The fourth-order valence-electron chi connectivity index (χ4n) is 3.07. The number of aryl methyl sites for hydroxylation is 3. The van der Waals surface area contributed by atoms with Crippen molar-refractivity contribution in [3.05, 3.63) is 57.0 Å². The van der Waals surface area contributed by atoms with Gasteiger partial charge in [-0.3, -0.25) is 29.8 Å². The van der Waals surface area contributed by atoms with Gasteiger partial charge in [0.1, 0.15) is 5.76 Å². The zero-order valence-corrected chi connectivity index (χ0v) is 19.2. The molecule has 0 aromatic carbocycles. The van der Waals surface area contributed by atoms with Gasteiger partial charge in [-0.05, 0) is 61.8 Å². The first-order valence-electron chi connectivity index (χ1n) is 9.55. The van der Waals surface area contributed by atoms with Crippen molar-refractivity contribution in [1.82, 2.24) is 30.4 Å². The lowest BCUT2D eigenvalue weighted by Gasteiger charge is -2.13. The van der Waals surface area contributed by atoms with Crippen LogP contribution in [0.25, 0.3) is 0 Å². The second-order valence-corrected chi connectivity index (χ2v) is 8.16. The highest BCUT2D eigenvalue weighted by Crippen LogP contribution is 2.20. The van der Waals surface area contributed by atoms with Crippen LogP contribution in [0, 0.1) is 33.6 Å². The molecule has 0 radical (unpaired) electrons. The second kappa shape index (κ2) is 8.86. The minimum Gasteiger partial charge on any atom is -0.454 e. The van der Waals surface area contributed by atoms with Gasteiger partial charge in [-0.15, -0.1) is 0 Å². The number of nitrogens with one attached hydrogen (secondary N) is 2. The Morgan fingerprint density at radius 1 is 1.13 bits per heavy atom. The third-order valence-electron chi connectivity index (χ3n) is 4.78. The Morgan fingerprint density at radius 2 is 1.87 bits per heavy atom. The number of rotatable bonds is 6. The van der Waals surface area contributed by atoms with Gasteiger partial charge in [0.25, 0.3) is 0 Å². The minimum atomic E-state index is -0.524. The number of carbonyl (C=O) groups is 2. The third-order valence-corrected chi connectivity index (χ3v) is 5.93. The molecule has 160 valence electrons. The van der Waals surface area contributed by atoms with Gasteiger partial charge in [-0.2, -0.15) is 10.2 Å². The molecule has 0 fully saturated rings. The van der Waals surface area contributed by atoms with Crippen LogP contribution in [0.4, 0.5) is 0 Å². The first-order chi connectivity index (χ1) is 14.2. The van der Waals surface area contributed by atoms with Crippen molar-refractivity contribution in [1.29, 1.82) is 0 Å². The standard InChI is InChI=1S/C20H25BrN6O3/c1-11(9-27-15(5)18(21)14(4)25-27)19(28)22-23-20(29)17-7-6-16(30-17)10-26-13(3)8-12(2)24-26/h6-8,11H,9-10H2,1-5H3,(H,22,28)(H,23,29). The molecular formula is C20H25BrN6O3. The summed E-state index contributed by atoms with van der Waals surface area (Å²) < 4.78 is 10.1. The van der Waals surface area contributed by atoms with Crippen LogP contribution < -0.4 is 10.9 Å². The average Bonchev–Trinajstić information content (AvgIpc) is 3.35. The highest BCUT2D eigenvalue weighted by atomic mass is 79.9. The number of amides is 2. The summed E-state index contributed by atoms with van der Waals surface area (Å²) >= 11 is 3.47. The molecule has 3 heterocycles. The van der Waals surface area contributed by atoms with Gasteiger partial charge in [-0.1, -0.05) is 6.92 Å². The summed E-state index contributed by atoms with van der Waals surface area (Å²) in [7, 11) is 0. The van der Waals surface area contributed by atoms with Crippen LogP contribution >= 0.6 is 15.9 Å². The smallest absolute Gasteiger partial charge is 0.305 e. The molecule has 0 saturated heterocycles. The van der Waals surface area contributed by atoms with E-state index in [4.69, 9.17) is 4.42 Å². The van der Waals surface area contributed by atoms with Crippen LogP contribution in [0.3, 0.4) is 0 Å². The molecule has 3 rings (SSSR count). The van der Waals surface area contributed by atoms with Gasteiger partial charge in [0, 0.05) is 11.4 Å². The van der Waals surface area contributed by atoms with Crippen LogP contribution in [0.2, 0.25) is 0 Å². The van der Waals surface area contributed by atoms with Gasteiger partial charge in [0.15, 0.2) is 5.76 Å². The molecule has 2 N–H and O–H groups in total. The molecule has 1 unspecified atom stereocenters. The van der Waals surface area contributed by atoms with Crippen molar-refractivity contribution in [3.8, 4) is 0 Å². The number of furan rings is 1. The van der Waals surface area contributed by atoms with Crippen molar-refractivity contribution >= 4 is 27.7 Å². The summed E-state index contributed by atoms with van der Waals surface area (Å²) in [5.74, 6) is -0.526. The maximum atomic E-state index is 12.4. The number of halogens is 1. The zero-order chi connectivity index (χ0) is 22.0. The molecule has 2 amide bonds. The Labute approximate surface area is 182 Å². The van der Waals surface area contributed by atoms with Crippen molar-refractivity contribution in [2.45, 2.75) is 47.7 Å². The minimum absolute atomic E-state index is 0.113. The van der Waals surface area contributed by atoms with Crippen LogP contribution in [-0.2, 0) is 17.9 Å². The van der Waals surface area contributed by atoms with E-state index in [9.17, 15) is 9.59 Å². The van der Waals surface area contributed by atoms with E-state index in [-0.39, 0.29) is 11.7 Å². The number of aromatic nitrogens is 4. The Hall–Kier alpha value is -2.88. The highest BCUT2D eigenvalue weighted by molar-refractivity contribution is 9.10. The molecule has 1 atom stereocenters. The summed E-state index contributed by atoms with van der Waals surface area (Å²) in [6.07, 6.45) is 0. The van der Waals surface area contributed by atoms with Crippen LogP contribution in [0.1, 0.15) is 46.0 Å². The molecule has 9 nitrogen and oxygen atoms in total. The van der Waals surface area contributed by atoms with Crippen LogP contribution in [0.5, 0.6) is 0 Å². The normalized spacial score (nSPS) is 12.1. The van der Waals surface area contributed by atoms with Gasteiger partial charge in [0.2, 0.25) is 5.91 Å². The van der Waals surface area contributed by atoms with Crippen molar-refractivity contribution in [3.63, 3.8) is 0 Å². The van der Waals surface area contributed by atoms with E-state index in [2.05, 4.69) is 37.0 Å². The van der Waals surface area contributed by atoms with Gasteiger partial charge >= 0.3 is 5.91 Å². The molecule has 3 aromatic rings. The van der Waals surface area contributed by atoms with E-state index < -0.39 is 11.8 Å². The predicted octanol–water partition coefficient (Wildman–Crippen LogP) is 2.81. The van der Waals surface area contributed by atoms with Crippen LogP contribution in [-0.4, -0.2) is 31.4 Å². The first kappa shape index (κ1) is 21.8. The van der Waals surface area contributed by atoms with Crippen molar-refractivity contribution in [2.75, 3.05) is 0 Å². The fourth-order valence-corrected chi connectivity index (χ4v) is 3.35. The number of hydrogen-bond donors (Lipinski definition) is 2. The lowest BCUT2D eigenvalue weighted by molar-refractivity contribution is -0.125. The lowest BCUT2D eigenvalue weighted by atomic mass is 10.1. The van der Waals surface area contributed by atoms with Crippen molar-refractivity contribution in [2.24, 2.45) is 5.92 Å². The van der Waals surface area contributed by atoms with E-state index in [1.165, 1.54) is 0 Å². The first-order valence-corrected chi connectivity index (χ1v) is 10.3. The van der Waals surface area contributed by atoms with E-state index in [1.54, 1.807) is 28.4 Å². The summed E-state index contributed by atoms with van der Waals surface area (Å²) in [6.45, 7) is 10.3. The monoisotopic (exact) mass is 476 g/mol. The molecule has 10 heteroatoms. The maximum absolute atomic E-state index is 12.4. The fraction of sp³-hybridized carbons (Fsp3) is 0.400. The molecule has 0 aliphatic heterocycles. The molecule has 0 saturated carbocycles. The number of carbonyl (C=O) groups excluding carboxylic acids is 2. The summed E-state index contributed by atoms with van der Waals surface area (Å²) in [5, 5.41) is 8.78. The molecule has 0 aliphatic rings. The Kier molecular flexibility index (Phi) is 6.45. The maximum Gasteiger partial charge on any atom is 0.305 e. The van der Waals surface area contributed by atoms with E-state index in [0.29, 0.717) is 18.8 Å². The van der Waals surface area contributed by atoms with Crippen molar-refractivity contribution < 1.29 is 14.0 Å². The van der Waals surface area contributed by atoms with Gasteiger partial charge < -0.3 is 4.42 Å². The molecular weight excluding hydrogens is 452 g/mol. The SMILES string of the molecule is Cc1cc(C)n(Cc2ccc(C(=O)NNC(=O)C(C)Cn3nc(C)c(Br)c3C)o2)n1. The summed E-state index contributed by atoms with van der Waals surface area (Å²) in [4.78, 5) is 24.7. The number of hydrogen-bond acceptors (Lipinski definition) is 5. The molecule has 0 spiro atoms. The van der Waals surface area contributed by atoms with Gasteiger partial charge in [0.05, 0.1) is 34.9 Å². The highest BCUT2D eigenvalue weighted by Gasteiger charge is 2.19. The second-order valence-electron chi connectivity index (χ2n) is 7.36. The predicted molar refractivity (Wildman–Crippen MR) is 114 cm³/mol. The number of nitrogens with zero attached hydrogens (tertiary/aromatic N) is 4. The topological polar surface area (TPSA) is 107 Å².